The van der Waals surface area contributed by atoms with Crippen LogP contribution in [0.2, 0.25) is 0 Å². The van der Waals surface area contributed by atoms with Crippen LogP contribution < -0.4 is 10.2 Å². The zero-order chi connectivity index (χ0) is 14.5. The van der Waals surface area contributed by atoms with Crippen molar-refractivity contribution in [2.75, 3.05) is 18.0 Å². The minimum absolute atomic E-state index is 0.162. The summed E-state index contributed by atoms with van der Waals surface area (Å²) in [6.07, 6.45) is 6.46. The van der Waals surface area contributed by atoms with Gasteiger partial charge >= 0.3 is 12.0 Å². The van der Waals surface area contributed by atoms with Crippen LogP contribution in [0.3, 0.4) is 0 Å². The Hall–Kier alpha value is -2.48. The molecule has 1 heterocycles. The quantitative estimate of drug-likeness (QED) is 0.648. The topological polar surface area (TPSA) is 69.6 Å². The molecular weight excluding hydrogens is 256 g/mol. The van der Waals surface area contributed by atoms with Crippen LogP contribution in [0.1, 0.15) is 24.3 Å². The summed E-state index contributed by atoms with van der Waals surface area (Å²) in [7, 11) is 0. The van der Waals surface area contributed by atoms with Gasteiger partial charge in [-0.3, -0.25) is 9.69 Å². The van der Waals surface area contributed by atoms with Crippen LogP contribution in [0.15, 0.2) is 24.3 Å². The molecule has 2 amide bonds. The number of nitrogens with zero attached hydrogens (tertiary/aromatic N) is 1. The second-order valence-electron chi connectivity index (χ2n) is 4.60. The predicted molar refractivity (Wildman–Crippen MR) is 75.6 cm³/mol. The van der Waals surface area contributed by atoms with E-state index in [0.717, 1.165) is 0 Å². The lowest BCUT2D eigenvalue weighted by Gasteiger charge is -2.18. The first kappa shape index (κ1) is 13.9. The number of amides is 2. The Morgan fingerprint density at radius 2 is 2.20 bits per heavy atom. The largest absolute Gasteiger partial charge is 0.481 e. The van der Waals surface area contributed by atoms with E-state index in [1.807, 2.05) is 0 Å². The number of carbonyl (C=O) groups is 2. The molecule has 0 fully saturated rings. The van der Waals surface area contributed by atoms with Crippen molar-refractivity contribution in [3.05, 3.63) is 29.8 Å². The van der Waals surface area contributed by atoms with Gasteiger partial charge in [0.15, 0.2) is 0 Å². The average molecular weight is 272 g/mol. The van der Waals surface area contributed by atoms with Gasteiger partial charge in [0, 0.05) is 25.2 Å². The molecule has 1 unspecified atom stereocenters. The van der Waals surface area contributed by atoms with Crippen LogP contribution in [0.4, 0.5) is 10.5 Å². The van der Waals surface area contributed by atoms with E-state index in [4.69, 9.17) is 6.42 Å². The number of para-hydroxylation sites is 1. The number of unbranched alkanes of at least 4 members (excludes halogenated alkanes) is 1. The summed E-state index contributed by atoms with van der Waals surface area (Å²) in [5.74, 6) is 0.925. The van der Waals surface area contributed by atoms with Crippen molar-refractivity contribution < 1.29 is 14.7 Å². The minimum Gasteiger partial charge on any atom is -0.481 e. The van der Waals surface area contributed by atoms with Crippen molar-refractivity contribution >= 4 is 17.7 Å². The van der Waals surface area contributed by atoms with Gasteiger partial charge in [0.1, 0.15) is 5.92 Å². The summed E-state index contributed by atoms with van der Waals surface area (Å²) in [6.45, 7) is 0.648. The lowest BCUT2D eigenvalue weighted by atomic mass is 10.0. The molecule has 2 N–H and O–H groups in total. The summed E-state index contributed by atoms with van der Waals surface area (Å²) in [5.41, 5.74) is 1.34. The Labute approximate surface area is 117 Å². The number of aliphatic carboxylic acids is 1. The highest BCUT2D eigenvalue weighted by Crippen LogP contribution is 2.36. The smallest absolute Gasteiger partial charge is 0.321 e. The molecule has 1 atom stereocenters. The van der Waals surface area contributed by atoms with Gasteiger partial charge in [-0.25, -0.2) is 4.79 Å². The monoisotopic (exact) mass is 272 g/mol. The third-order valence-electron chi connectivity index (χ3n) is 3.29. The van der Waals surface area contributed by atoms with Gasteiger partial charge in [0.25, 0.3) is 0 Å². The van der Waals surface area contributed by atoms with Crippen molar-refractivity contribution in [2.24, 2.45) is 0 Å². The number of anilines is 1. The Bertz CT molecular complexity index is 562. The van der Waals surface area contributed by atoms with Crippen LogP contribution in [0, 0.1) is 12.3 Å². The van der Waals surface area contributed by atoms with Gasteiger partial charge in [-0.2, -0.15) is 0 Å². The highest BCUT2D eigenvalue weighted by molar-refractivity contribution is 5.97. The maximum atomic E-state index is 12.1. The first-order valence-electron chi connectivity index (χ1n) is 6.45. The number of fused-ring (bicyclic) bond motifs is 1. The fourth-order valence-corrected chi connectivity index (χ4v) is 2.29. The molecule has 1 aliphatic heterocycles. The minimum atomic E-state index is -0.917. The summed E-state index contributed by atoms with van der Waals surface area (Å²) < 4.78 is 0. The standard InChI is InChI=1S/C15H16N2O3/c1-2-3-6-9-16-15(20)17-10-12(14(18)19)11-7-4-5-8-13(11)17/h1,4-5,7-8,12H,3,6,9-10H2,(H,16,20)(H,18,19). The Kier molecular flexibility index (Phi) is 4.26. The van der Waals surface area contributed by atoms with E-state index in [1.165, 1.54) is 4.90 Å². The van der Waals surface area contributed by atoms with E-state index >= 15 is 0 Å². The fraction of sp³-hybridized carbons (Fsp3) is 0.333. The van der Waals surface area contributed by atoms with Crippen molar-refractivity contribution in [1.29, 1.82) is 0 Å². The van der Waals surface area contributed by atoms with E-state index in [-0.39, 0.29) is 12.6 Å². The zero-order valence-corrected chi connectivity index (χ0v) is 11.0. The van der Waals surface area contributed by atoms with Crippen LogP contribution in [-0.4, -0.2) is 30.2 Å². The molecule has 0 aromatic heterocycles. The Morgan fingerprint density at radius 3 is 2.90 bits per heavy atom. The van der Waals surface area contributed by atoms with E-state index in [9.17, 15) is 14.7 Å². The Balaban J connectivity index is 2.08. The van der Waals surface area contributed by atoms with Gasteiger partial charge in [-0.15, -0.1) is 12.3 Å². The number of hydrogen-bond donors (Lipinski definition) is 2. The first-order valence-corrected chi connectivity index (χ1v) is 6.45. The van der Waals surface area contributed by atoms with Crippen molar-refractivity contribution in [2.45, 2.75) is 18.8 Å². The molecule has 1 aromatic carbocycles. The highest BCUT2D eigenvalue weighted by atomic mass is 16.4. The number of carboxylic acid groups (broad SMARTS) is 1. The normalized spacial score (nSPS) is 16.4. The second kappa shape index (κ2) is 6.11. The SMILES string of the molecule is C#CCCCNC(=O)N1CC(C(=O)O)c2ccccc21. The zero-order valence-electron chi connectivity index (χ0n) is 11.0. The molecule has 104 valence electrons. The number of terminal acetylenes is 1. The van der Waals surface area contributed by atoms with Gasteiger partial charge in [0.2, 0.25) is 0 Å². The molecule has 0 saturated carbocycles. The molecular formula is C15H16N2O3. The summed E-state index contributed by atoms with van der Waals surface area (Å²) >= 11 is 0. The molecule has 20 heavy (non-hydrogen) atoms. The number of benzene rings is 1. The molecule has 1 aliphatic rings. The van der Waals surface area contributed by atoms with E-state index < -0.39 is 11.9 Å². The number of rotatable bonds is 4. The van der Waals surface area contributed by atoms with Crippen LogP contribution in [0.5, 0.6) is 0 Å². The van der Waals surface area contributed by atoms with E-state index in [1.54, 1.807) is 24.3 Å². The average Bonchev–Trinajstić information content (AvgIpc) is 2.83. The van der Waals surface area contributed by atoms with Crippen molar-refractivity contribution in [3.8, 4) is 12.3 Å². The molecule has 0 aliphatic carbocycles. The summed E-state index contributed by atoms with van der Waals surface area (Å²) in [6, 6.07) is 6.81. The van der Waals surface area contributed by atoms with Crippen molar-refractivity contribution in [1.82, 2.24) is 5.32 Å². The number of urea groups is 1. The number of hydrogen-bond acceptors (Lipinski definition) is 2. The van der Waals surface area contributed by atoms with Crippen molar-refractivity contribution in [3.63, 3.8) is 0 Å². The molecule has 5 heteroatoms. The molecule has 0 spiro atoms. The third kappa shape index (κ3) is 2.75. The highest BCUT2D eigenvalue weighted by Gasteiger charge is 2.36. The number of nitrogens with one attached hydrogen (secondary N) is 1. The molecule has 2 rings (SSSR count). The maximum Gasteiger partial charge on any atom is 0.321 e. The number of carboxylic acids is 1. The second-order valence-corrected chi connectivity index (χ2v) is 4.60. The first-order chi connectivity index (χ1) is 9.65. The molecule has 0 radical (unpaired) electrons. The molecule has 0 saturated heterocycles. The van der Waals surface area contributed by atoms with Gasteiger partial charge < -0.3 is 10.4 Å². The summed E-state index contributed by atoms with van der Waals surface area (Å²) in [5, 5.41) is 12.0. The van der Waals surface area contributed by atoms with Gasteiger partial charge in [-0.1, -0.05) is 18.2 Å². The van der Waals surface area contributed by atoms with Crippen LogP contribution >= 0.6 is 0 Å². The lowest BCUT2D eigenvalue weighted by molar-refractivity contribution is -0.138. The maximum absolute atomic E-state index is 12.1. The molecule has 0 bridgehead atoms. The molecule has 5 nitrogen and oxygen atoms in total. The van der Waals surface area contributed by atoms with Crippen LogP contribution in [0.25, 0.3) is 0 Å². The molecule has 1 aromatic rings. The fourth-order valence-electron chi connectivity index (χ4n) is 2.29. The van der Waals surface area contributed by atoms with Gasteiger partial charge in [0.05, 0.1) is 0 Å². The third-order valence-corrected chi connectivity index (χ3v) is 3.29. The Morgan fingerprint density at radius 1 is 1.45 bits per heavy atom. The van der Waals surface area contributed by atoms with E-state index in [2.05, 4.69) is 11.2 Å². The number of carbonyl (C=O) groups excluding carboxylic acids is 1. The predicted octanol–water partition coefficient (Wildman–Crippen LogP) is 1.80. The summed E-state index contributed by atoms with van der Waals surface area (Å²) in [4.78, 5) is 24.8. The van der Waals surface area contributed by atoms with Gasteiger partial charge in [-0.05, 0) is 18.1 Å². The van der Waals surface area contributed by atoms with Crippen LogP contribution in [-0.2, 0) is 4.79 Å². The van der Waals surface area contributed by atoms with E-state index in [0.29, 0.717) is 30.6 Å². The lowest BCUT2D eigenvalue weighted by Crippen LogP contribution is -2.40.